The minimum Gasteiger partial charge on any atom is -0.507 e. The average molecular weight is 390 g/mol. The van der Waals surface area contributed by atoms with Gasteiger partial charge in [0, 0.05) is 11.5 Å². The topological polar surface area (TPSA) is 137 Å². The van der Waals surface area contributed by atoms with Crippen LogP contribution < -0.4 is 4.74 Å². The molecule has 0 spiro atoms. The Bertz CT molecular complexity index is 891. The van der Waals surface area contributed by atoms with Crippen LogP contribution in [-0.2, 0) is 9.53 Å². The maximum atomic E-state index is 11.1. The first kappa shape index (κ1) is 20.2. The Morgan fingerprint density at radius 3 is 2.57 bits per heavy atom. The molecule has 0 aliphatic carbocycles. The summed E-state index contributed by atoms with van der Waals surface area (Å²) in [5.74, 6) is -0.0101. The lowest BCUT2D eigenvalue weighted by molar-refractivity contribution is -0.277. The monoisotopic (exact) mass is 390 g/mol. The number of ether oxygens (including phenoxy) is 2. The van der Waals surface area contributed by atoms with Gasteiger partial charge in [-0.3, -0.25) is 4.79 Å². The molecule has 2 aromatic carbocycles. The van der Waals surface area contributed by atoms with E-state index in [4.69, 9.17) is 9.47 Å². The number of carbonyl (C=O) groups is 1. The Hall–Kier alpha value is -2.49. The standard InChI is InChI=1S/C20H22O8/c1-10(22)2-3-11-4-5-12-7-13(8-15(23)14(12)6-11)27-20-19(26)18(25)17(24)16(9-21)28-20/h2-8,16-21,23-26H,9H2,1H3/b3-2+/t16-,17-,18+,19-,20-/m1/s1. The van der Waals surface area contributed by atoms with Crippen LogP contribution in [0.25, 0.3) is 16.8 Å². The molecular formula is C20H22O8. The molecule has 1 fully saturated rings. The van der Waals surface area contributed by atoms with Crippen LogP contribution in [0.4, 0.5) is 0 Å². The first-order chi connectivity index (χ1) is 13.3. The van der Waals surface area contributed by atoms with Gasteiger partial charge in [0.05, 0.1) is 6.61 Å². The maximum Gasteiger partial charge on any atom is 0.229 e. The lowest BCUT2D eigenvalue weighted by Crippen LogP contribution is -2.60. The molecule has 150 valence electrons. The van der Waals surface area contributed by atoms with Gasteiger partial charge in [-0.25, -0.2) is 0 Å². The second kappa shape index (κ2) is 8.26. The second-order valence-corrected chi connectivity index (χ2v) is 6.68. The zero-order valence-corrected chi connectivity index (χ0v) is 15.1. The van der Waals surface area contributed by atoms with E-state index in [2.05, 4.69) is 0 Å². The van der Waals surface area contributed by atoms with E-state index in [1.807, 2.05) is 0 Å². The first-order valence-corrected chi connectivity index (χ1v) is 8.72. The van der Waals surface area contributed by atoms with Crippen LogP contribution >= 0.6 is 0 Å². The highest BCUT2D eigenvalue weighted by atomic mass is 16.7. The van der Waals surface area contributed by atoms with Crippen molar-refractivity contribution in [2.24, 2.45) is 0 Å². The average Bonchev–Trinajstić information content (AvgIpc) is 2.67. The maximum absolute atomic E-state index is 11.1. The van der Waals surface area contributed by atoms with Gasteiger partial charge in [0.25, 0.3) is 0 Å². The number of rotatable bonds is 5. The summed E-state index contributed by atoms with van der Waals surface area (Å²) in [5.41, 5.74) is 0.737. The van der Waals surface area contributed by atoms with Gasteiger partial charge < -0.3 is 35.0 Å². The van der Waals surface area contributed by atoms with Crippen molar-refractivity contribution in [1.29, 1.82) is 0 Å². The van der Waals surface area contributed by atoms with Crippen LogP contribution in [-0.4, -0.2) is 68.6 Å². The van der Waals surface area contributed by atoms with E-state index in [0.29, 0.717) is 10.8 Å². The molecule has 0 aromatic heterocycles. The van der Waals surface area contributed by atoms with Crippen molar-refractivity contribution in [2.75, 3.05) is 6.61 Å². The van der Waals surface area contributed by atoms with Gasteiger partial charge in [0.2, 0.25) is 6.29 Å². The third-order valence-corrected chi connectivity index (χ3v) is 4.54. The van der Waals surface area contributed by atoms with E-state index < -0.39 is 37.3 Å². The van der Waals surface area contributed by atoms with Crippen molar-refractivity contribution in [2.45, 2.75) is 37.6 Å². The van der Waals surface area contributed by atoms with E-state index in [1.54, 1.807) is 30.3 Å². The van der Waals surface area contributed by atoms with Crippen molar-refractivity contribution in [1.82, 2.24) is 0 Å². The summed E-state index contributed by atoms with van der Waals surface area (Å²) in [6.07, 6.45) is -3.95. The number of hydrogen-bond donors (Lipinski definition) is 5. The Kier molecular flexibility index (Phi) is 5.97. The van der Waals surface area contributed by atoms with Crippen LogP contribution in [0.1, 0.15) is 12.5 Å². The number of aliphatic hydroxyl groups excluding tert-OH is 4. The number of aliphatic hydroxyl groups is 4. The summed E-state index contributed by atoms with van der Waals surface area (Å²) in [7, 11) is 0. The third kappa shape index (κ3) is 4.16. The number of hydrogen-bond acceptors (Lipinski definition) is 8. The molecule has 0 amide bonds. The van der Waals surface area contributed by atoms with Gasteiger partial charge in [0.1, 0.15) is 35.9 Å². The second-order valence-electron chi connectivity index (χ2n) is 6.68. The highest BCUT2D eigenvalue weighted by Crippen LogP contribution is 2.33. The lowest BCUT2D eigenvalue weighted by Gasteiger charge is -2.39. The SMILES string of the molecule is CC(=O)/C=C/c1ccc2cc(O[C@@H]3O[C@H](CO)[C@@H](O)[C@H](O)[C@H]3O)cc(O)c2c1. The molecule has 3 rings (SSSR count). The first-order valence-electron chi connectivity index (χ1n) is 8.72. The number of phenols is 1. The van der Waals surface area contributed by atoms with Gasteiger partial charge in [0.15, 0.2) is 5.78 Å². The minimum absolute atomic E-state index is 0.0878. The molecule has 8 nitrogen and oxygen atoms in total. The van der Waals surface area contributed by atoms with E-state index in [9.17, 15) is 30.3 Å². The molecule has 1 aliphatic rings. The molecule has 1 aliphatic heterocycles. The molecule has 0 saturated carbocycles. The fourth-order valence-corrected chi connectivity index (χ4v) is 3.01. The summed E-state index contributed by atoms with van der Waals surface area (Å²) in [5, 5.41) is 50.5. The number of benzene rings is 2. The molecule has 28 heavy (non-hydrogen) atoms. The zero-order valence-electron chi connectivity index (χ0n) is 15.1. The Labute approximate surface area is 160 Å². The summed E-state index contributed by atoms with van der Waals surface area (Å²) < 4.78 is 10.8. The van der Waals surface area contributed by atoms with Crippen LogP contribution in [0.15, 0.2) is 36.4 Å². The summed E-state index contributed by atoms with van der Waals surface area (Å²) in [6.45, 7) is 0.877. The number of fused-ring (bicyclic) bond motifs is 1. The molecular weight excluding hydrogens is 368 g/mol. The van der Waals surface area contributed by atoms with Gasteiger partial charge in [-0.05, 0) is 36.1 Å². The third-order valence-electron chi connectivity index (χ3n) is 4.54. The van der Waals surface area contributed by atoms with Crippen molar-refractivity contribution in [3.8, 4) is 11.5 Å². The molecule has 0 bridgehead atoms. The predicted octanol–water partition coefficient (Wildman–Crippen LogP) is 0.326. The molecule has 1 heterocycles. The highest BCUT2D eigenvalue weighted by Gasteiger charge is 2.44. The van der Waals surface area contributed by atoms with Crippen LogP contribution in [0, 0.1) is 0 Å². The van der Waals surface area contributed by atoms with E-state index in [-0.39, 0.29) is 17.3 Å². The predicted molar refractivity (Wildman–Crippen MR) is 99.7 cm³/mol. The summed E-state index contributed by atoms with van der Waals surface area (Å²) in [6, 6.07) is 8.13. The van der Waals surface area contributed by atoms with Crippen LogP contribution in [0.5, 0.6) is 11.5 Å². The molecule has 0 radical (unpaired) electrons. The van der Waals surface area contributed by atoms with E-state index in [0.717, 1.165) is 5.56 Å². The highest BCUT2D eigenvalue weighted by molar-refractivity contribution is 5.94. The smallest absolute Gasteiger partial charge is 0.229 e. The van der Waals surface area contributed by atoms with Gasteiger partial charge in [-0.15, -0.1) is 0 Å². The van der Waals surface area contributed by atoms with E-state index >= 15 is 0 Å². The van der Waals surface area contributed by atoms with Crippen molar-refractivity contribution in [3.05, 3.63) is 42.0 Å². The number of ketones is 1. The minimum atomic E-state index is -1.56. The van der Waals surface area contributed by atoms with Gasteiger partial charge in [-0.1, -0.05) is 18.2 Å². The zero-order chi connectivity index (χ0) is 20.4. The lowest BCUT2D eigenvalue weighted by atomic mass is 9.99. The molecule has 5 N–H and O–H groups in total. The van der Waals surface area contributed by atoms with Crippen molar-refractivity contribution < 1.29 is 39.8 Å². The van der Waals surface area contributed by atoms with Gasteiger partial charge >= 0.3 is 0 Å². The molecule has 5 atom stereocenters. The summed E-state index contributed by atoms with van der Waals surface area (Å²) >= 11 is 0. The molecule has 0 unspecified atom stereocenters. The number of carbonyl (C=O) groups excluding carboxylic acids is 1. The molecule has 8 heteroatoms. The van der Waals surface area contributed by atoms with Gasteiger partial charge in [-0.2, -0.15) is 0 Å². The summed E-state index contributed by atoms with van der Waals surface area (Å²) in [4.78, 5) is 11.1. The fraction of sp³-hybridized carbons (Fsp3) is 0.350. The normalized spacial score (nSPS) is 28.0. The fourth-order valence-electron chi connectivity index (χ4n) is 3.01. The van der Waals surface area contributed by atoms with Crippen molar-refractivity contribution in [3.63, 3.8) is 0 Å². The van der Waals surface area contributed by atoms with Crippen molar-refractivity contribution >= 4 is 22.6 Å². The van der Waals surface area contributed by atoms with E-state index in [1.165, 1.54) is 19.1 Å². The Balaban J connectivity index is 1.86. The Morgan fingerprint density at radius 1 is 1.14 bits per heavy atom. The Morgan fingerprint density at radius 2 is 1.89 bits per heavy atom. The number of aromatic hydroxyl groups is 1. The van der Waals surface area contributed by atoms with Crippen LogP contribution in [0.2, 0.25) is 0 Å². The molecule has 2 aromatic rings. The number of phenolic OH excluding ortho intramolecular Hbond substituents is 1. The largest absolute Gasteiger partial charge is 0.507 e. The quantitative estimate of drug-likeness (QED) is 0.461. The number of allylic oxidation sites excluding steroid dienone is 1. The molecule has 1 saturated heterocycles. The van der Waals surface area contributed by atoms with Crippen LogP contribution in [0.3, 0.4) is 0 Å².